The van der Waals surface area contributed by atoms with Gasteiger partial charge < -0.3 is 18.9 Å². The molecule has 1 aliphatic carbocycles. The summed E-state index contributed by atoms with van der Waals surface area (Å²) in [6.45, 7) is 12.0. The third kappa shape index (κ3) is 5.52. The monoisotopic (exact) mass is 544 g/mol. The maximum Gasteiger partial charge on any atom is 0.330 e. The molecule has 0 fully saturated rings. The van der Waals surface area contributed by atoms with Crippen molar-refractivity contribution in [2.24, 2.45) is 0 Å². The fourth-order valence-corrected chi connectivity index (χ4v) is 5.38. The third-order valence-corrected chi connectivity index (χ3v) is 7.16. The molecular formula is C36H32O5. The minimum atomic E-state index is -0.533. The van der Waals surface area contributed by atoms with Gasteiger partial charge in [-0.3, -0.25) is 0 Å². The van der Waals surface area contributed by atoms with Crippen LogP contribution in [0.1, 0.15) is 22.3 Å². The number of hydrogen-bond acceptors (Lipinski definition) is 5. The van der Waals surface area contributed by atoms with Crippen molar-refractivity contribution in [1.82, 2.24) is 0 Å². The fraction of sp³-hybridized carbons (Fsp3) is 0.139. The summed E-state index contributed by atoms with van der Waals surface area (Å²) in [5, 5.41) is 0. The van der Waals surface area contributed by atoms with E-state index < -0.39 is 11.4 Å². The van der Waals surface area contributed by atoms with E-state index in [1.54, 1.807) is 6.08 Å². The molecule has 5 rings (SSSR count). The van der Waals surface area contributed by atoms with Crippen LogP contribution in [0.4, 0.5) is 0 Å². The molecule has 0 unspecified atom stereocenters. The lowest BCUT2D eigenvalue weighted by atomic mass is 9.68. The maximum absolute atomic E-state index is 11.3. The third-order valence-electron chi connectivity index (χ3n) is 7.16. The molecule has 5 nitrogen and oxygen atoms in total. The Kier molecular flexibility index (Phi) is 8.35. The maximum atomic E-state index is 11.3. The Bertz CT molecular complexity index is 1430. The van der Waals surface area contributed by atoms with Gasteiger partial charge in [0.1, 0.15) is 43.7 Å². The number of allylic oxidation sites excluding steroid dienone is 1. The van der Waals surface area contributed by atoms with Crippen molar-refractivity contribution >= 4 is 5.97 Å². The van der Waals surface area contributed by atoms with Crippen LogP contribution in [0.5, 0.6) is 11.5 Å². The highest BCUT2D eigenvalue weighted by atomic mass is 16.6. The van der Waals surface area contributed by atoms with E-state index in [-0.39, 0.29) is 13.2 Å². The van der Waals surface area contributed by atoms with Crippen LogP contribution in [0, 0.1) is 0 Å². The van der Waals surface area contributed by atoms with Gasteiger partial charge in [-0.2, -0.15) is 0 Å². The fourth-order valence-electron chi connectivity index (χ4n) is 5.38. The highest BCUT2D eigenvalue weighted by molar-refractivity contribution is 5.86. The predicted octanol–water partition coefficient (Wildman–Crippen LogP) is 7.25. The zero-order valence-electron chi connectivity index (χ0n) is 22.9. The Morgan fingerprint density at radius 2 is 1.07 bits per heavy atom. The van der Waals surface area contributed by atoms with Crippen LogP contribution in [0.15, 0.2) is 135 Å². The predicted molar refractivity (Wildman–Crippen MR) is 161 cm³/mol. The minimum absolute atomic E-state index is 0.154. The Labute approximate surface area is 241 Å². The van der Waals surface area contributed by atoms with Gasteiger partial charge in [0, 0.05) is 6.08 Å². The van der Waals surface area contributed by atoms with Gasteiger partial charge in [0.2, 0.25) is 0 Å². The lowest BCUT2D eigenvalue weighted by Crippen LogP contribution is -2.28. The highest BCUT2D eigenvalue weighted by Gasteiger charge is 2.45. The van der Waals surface area contributed by atoms with E-state index >= 15 is 0 Å². The van der Waals surface area contributed by atoms with Gasteiger partial charge in [0.05, 0.1) is 5.41 Å². The molecule has 4 aromatic carbocycles. The molecule has 0 saturated heterocycles. The molecule has 41 heavy (non-hydrogen) atoms. The summed E-state index contributed by atoms with van der Waals surface area (Å²) in [6.07, 6.45) is 2.71. The molecule has 0 radical (unpaired) electrons. The molecule has 5 heteroatoms. The molecule has 0 aromatic heterocycles. The molecule has 0 aliphatic heterocycles. The number of carbonyl (C=O) groups excluding carboxylic acids is 1. The standard InChI is InChI=1S/C36H32O5/c1-4-26(3)38-22-23-39-29-18-14-27(15-19-29)36(28-16-20-30(21-17-28)40-24-25-41-35(37)5-2)33-12-8-6-10-31(33)32-11-7-9-13-34(32)36/h4-21H,1-3,22-25H2. The molecule has 0 spiro atoms. The number of esters is 1. The molecule has 0 atom stereocenters. The van der Waals surface area contributed by atoms with Gasteiger partial charge in [0.15, 0.2) is 0 Å². The van der Waals surface area contributed by atoms with Crippen LogP contribution >= 0.6 is 0 Å². The molecular weight excluding hydrogens is 512 g/mol. The molecule has 0 bridgehead atoms. The van der Waals surface area contributed by atoms with Gasteiger partial charge in [-0.1, -0.05) is 92.5 Å². The first-order chi connectivity index (χ1) is 20.1. The second-order valence-corrected chi connectivity index (χ2v) is 9.48. The van der Waals surface area contributed by atoms with Crippen molar-refractivity contribution in [2.75, 3.05) is 26.4 Å². The second kappa shape index (κ2) is 12.4. The number of fused-ring (bicyclic) bond motifs is 3. The summed E-state index contributed by atoms with van der Waals surface area (Å²) < 4.78 is 22.2. The Morgan fingerprint density at radius 1 is 0.610 bits per heavy atom. The van der Waals surface area contributed by atoms with E-state index in [1.165, 1.54) is 22.3 Å². The summed E-state index contributed by atoms with van der Waals surface area (Å²) in [6, 6.07) is 33.6. The van der Waals surface area contributed by atoms with Crippen molar-refractivity contribution in [3.8, 4) is 22.6 Å². The lowest BCUT2D eigenvalue weighted by Gasteiger charge is -2.34. The molecule has 206 valence electrons. The van der Waals surface area contributed by atoms with Gasteiger partial charge in [-0.25, -0.2) is 4.79 Å². The van der Waals surface area contributed by atoms with E-state index in [0.717, 1.165) is 23.0 Å². The Morgan fingerprint density at radius 3 is 1.54 bits per heavy atom. The first-order valence-corrected chi connectivity index (χ1v) is 13.5. The number of hydrogen-bond donors (Lipinski definition) is 0. The summed E-state index contributed by atoms with van der Waals surface area (Å²) in [4.78, 5) is 11.3. The molecule has 0 N–H and O–H groups in total. The molecule has 0 amide bonds. The average Bonchev–Trinajstić information content (AvgIpc) is 3.33. The van der Waals surface area contributed by atoms with Crippen molar-refractivity contribution in [3.63, 3.8) is 0 Å². The van der Waals surface area contributed by atoms with Crippen molar-refractivity contribution in [1.29, 1.82) is 0 Å². The van der Waals surface area contributed by atoms with E-state index in [1.807, 2.05) is 24.3 Å². The average molecular weight is 545 g/mol. The van der Waals surface area contributed by atoms with Crippen LogP contribution in [0.25, 0.3) is 11.1 Å². The van der Waals surface area contributed by atoms with E-state index in [4.69, 9.17) is 18.9 Å². The molecule has 1 aliphatic rings. The largest absolute Gasteiger partial charge is 0.491 e. The summed E-state index contributed by atoms with van der Waals surface area (Å²) in [5.74, 6) is 1.52. The lowest BCUT2D eigenvalue weighted by molar-refractivity contribution is -0.138. The van der Waals surface area contributed by atoms with Gasteiger partial charge >= 0.3 is 5.97 Å². The molecule has 0 heterocycles. The van der Waals surface area contributed by atoms with E-state index in [2.05, 4.69) is 92.5 Å². The highest BCUT2D eigenvalue weighted by Crippen LogP contribution is 2.56. The van der Waals surface area contributed by atoms with E-state index in [0.29, 0.717) is 24.7 Å². The van der Waals surface area contributed by atoms with Crippen molar-refractivity contribution in [2.45, 2.75) is 5.41 Å². The Balaban J connectivity index is 1.48. The normalized spacial score (nSPS) is 12.4. The first kappa shape index (κ1) is 27.5. The van der Waals surface area contributed by atoms with Crippen LogP contribution in [0.3, 0.4) is 0 Å². The number of benzene rings is 4. The zero-order valence-corrected chi connectivity index (χ0v) is 22.9. The van der Waals surface area contributed by atoms with Crippen LogP contribution < -0.4 is 9.47 Å². The summed E-state index contributed by atoms with van der Waals surface area (Å²) in [7, 11) is 0. The van der Waals surface area contributed by atoms with Gasteiger partial charge in [0.25, 0.3) is 0 Å². The SMILES string of the molecule is C=CC(=C)OCCOc1ccc(C2(c3ccc(OCCOC(=O)C=C)cc3)c3ccccc3-c3ccccc32)cc1. The van der Waals surface area contributed by atoms with Crippen LogP contribution in [0.2, 0.25) is 0 Å². The Hall–Kier alpha value is -5.03. The van der Waals surface area contributed by atoms with Crippen LogP contribution in [-0.4, -0.2) is 32.4 Å². The zero-order chi connectivity index (χ0) is 28.7. The smallest absolute Gasteiger partial charge is 0.330 e. The quantitative estimate of drug-likeness (QED) is 0.0514. The van der Waals surface area contributed by atoms with Crippen LogP contribution in [-0.2, 0) is 19.7 Å². The number of ether oxygens (including phenoxy) is 4. The summed E-state index contributed by atoms with van der Waals surface area (Å²) >= 11 is 0. The first-order valence-electron chi connectivity index (χ1n) is 13.5. The van der Waals surface area contributed by atoms with E-state index in [9.17, 15) is 4.79 Å². The van der Waals surface area contributed by atoms with Gasteiger partial charge in [-0.05, 0) is 63.7 Å². The van der Waals surface area contributed by atoms with Gasteiger partial charge in [-0.15, -0.1) is 0 Å². The number of carbonyl (C=O) groups is 1. The minimum Gasteiger partial charge on any atom is -0.491 e. The topological polar surface area (TPSA) is 54.0 Å². The second-order valence-electron chi connectivity index (χ2n) is 9.48. The van der Waals surface area contributed by atoms with Crippen molar-refractivity contribution < 1.29 is 23.7 Å². The summed E-state index contributed by atoms with van der Waals surface area (Å²) in [5.41, 5.74) is 6.58. The number of rotatable bonds is 13. The molecule has 0 saturated carbocycles. The van der Waals surface area contributed by atoms with Crippen molar-refractivity contribution in [3.05, 3.63) is 157 Å². The molecule has 4 aromatic rings.